The van der Waals surface area contributed by atoms with Gasteiger partial charge in [-0.2, -0.15) is 0 Å². The smallest absolute Gasteiger partial charge is 0.261 e. The quantitative estimate of drug-likeness (QED) is 0.834. The maximum Gasteiger partial charge on any atom is 0.261 e. The van der Waals surface area contributed by atoms with E-state index in [1.54, 1.807) is 12.1 Å². The second kappa shape index (κ2) is 5.13. The molecule has 2 aromatic rings. The normalized spacial score (nSPS) is 14.0. The molecule has 2 aromatic carbocycles. The molecule has 0 radical (unpaired) electrons. The third kappa shape index (κ3) is 2.02. The van der Waals surface area contributed by atoms with Gasteiger partial charge in [0, 0.05) is 52.2 Å². The molecule has 1 heterocycles. The van der Waals surface area contributed by atoms with Gasteiger partial charge in [0.15, 0.2) is 0 Å². The Morgan fingerprint density at radius 2 is 1.90 bits per heavy atom. The molecule has 2 amide bonds. The standard InChI is InChI=1S/C15H14BrN3O2/c1-18-12-3-2-9-13-10(12)6-8(16)7-11(13)15(21)19(5-4-17)14(9)20/h2-3,6-7,18H,4-5,17H2,1H3. The first kappa shape index (κ1) is 14.0. The highest BCUT2D eigenvalue weighted by Gasteiger charge is 2.33. The highest BCUT2D eigenvalue weighted by atomic mass is 79.9. The van der Waals surface area contributed by atoms with Crippen molar-refractivity contribution in [2.24, 2.45) is 5.73 Å². The van der Waals surface area contributed by atoms with Crippen molar-refractivity contribution in [1.29, 1.82) is 0 Å². The first-order valence-corrected chi connectivity index (χ1v) is 7.38. The SMILES string of the molecule is CNc1ccc2c3c(cc(Br)cc13)C(=O)N(CCN)C2=O. The fraction of sp³-hybridized carbons (Fsp3) is 0.200. The van der Waals surface area contributed by atoms with Gasteiger partial charge in [-0.3, -0.25) is 14.5 Å². The Morgan fingerprint density at radius 3 is 2.57 bits per heavy atom. The molecule has 5 nitrogen and oxygen atoms in total. The summed E-state index contributed by atoms with van der Waals surface area (Å²) in [5.41, 5.74) is 7.46. The monoisotopic (exact) mass is 347 g/mol. The molecule has 1 aliphatic heterocycles. The lowest BCUT2D eigenvalue weighted by molar-refractivity contribution is 0.0615. The van der Waals surface area contributed by atoms with Gasteiger partial charge in [-0.15, -0.1) is 0 Å². The lowest BCUT2D eigenvalue weighted by Gasteiger charge is -2.27. The van der Waals surface area contributed by atoms with E-state index in [2.05, 4.69) is 21.2 Å². The Kier molecular flexibility index (Phi) is 3.43. The number of carbonyl (C=O) groups excluding carboxylic acids is 2. The fourth-order valence-electron chi connectivity index (χ4n) is 2.73. The van der Waals surface area contributed by atoms with Crippen molar-refractivity contribution in [3.63, 3.8) is 0 Å². The molecule has 3 N–H and O–H groups in total. The van der Waals surface area contributed by atoms with E-state index < -0.39 is 0 Å². The van der Waals surface area contributed by atoms with Crippen LogP contribution in [0.5, 0.6) is 0 Å². The van der Waals surface area contributed by atoms with Gasteiger partial charge < -0.3 is 11.1 Å². The minimum Gasteiger partial charge on any atom is -0.388 e. The number of benzene rings is 2. The van der Waals surface area contributed by atoms with Gasteiger partial charge in [0.25, 0.3) is 11.8 Å². The van der Waals surface area contributed by atoms with Gasteiger partial charge in [-0.25, -0.2) is 0 Å². The number of imide groups is 1. The molecule has 21 heavy (non-hydrogen) atoms. The van der Waals surface area contributed by atoms with Crippen molar-refractivity contribution in [2.45, 2.75) is 0 Å². The summed E-state index contributed by atoms with van der Waals surface area (Å²) < 4.78 is 0.800. The van der Waals surface area contributed by atoms with E-state index in [0.717, 1.165) is 15.5 Å². The van der Waals surface area contributed by atoms with Crippen LogP contribution in [0.15, 0.2) is 28.7 Å². The van der Waals surface area contributed by atoms with E-state index in [1.165, 1.54) is 4.90 Å². The molecule has 108 valence electrons. The van der Waals surface area contributed by atoms with E-state index in [1.807, 2.05) is 19.2 Å². The van der Waals surface area contributed by atoms with Crippen LogP contribution in [0.3, 0.4) is 0 Å². The van der Waals surface area contributed by atoms with Gasteiger partial charge in [-0.05, 0) is 24.3 Å². The van der Waals surface area contributed by atoms with Crippen LogP contribution in [0.4, 0.5) is 5.69 Å². The van der Waals surface area contributed by atoms with Crippen LogP contribution < -0.4 is 11.1 Å². The van der Waals surface area contributed by atoms with Gasteiger partial charge in [0.1, 0.15) is 0 Å². The van der Waals surface area contributed by atoms with Crippen molar-refractivity contribution in [3.8, 4) is 0 Å². The highest BCUT2D eigenvalue weighted by Crippen LogP contribution is 2.36. The molecule has 0 unspecified atom stereocenters. The van der Waals surface area contributed by atoms with E-state index in [9.17, 15) is 9.59 Å². The molecule has 1 aliphatic rings. The van der Waals surface area contributed by atoms with E-state index >= 15 is 0 Å². The van der Waals surface area contributed by atoms with Gasteiger partial charge in [-0.1, -0.05) is 15.9 Å². The van der Waals surface area contributed by atoms with Crippen molar-refractivity contribution < 1.29 is 9.59 Å². The first-order valence-electron chi connectivity index (χ1n) is 6.58. The summed E-state index contributed by atoms with van der Waals surface area (Å²) in [5.74, 6) is -0.578. The molecule has 0 atom stereocenters. The third-order valence-corrected chi connectivity index (χ3v) is 4.11. The van der Waals surface area contributed by atoms with Crippen LogP contribution in [0, 0.1) is 0 Å². The number of nitrogens with two attached hydrogens (primary N) is 1. The van der Waals surface area contributed by atoms with Crippen LogP contribution >= 0.6 is 15.9 Å². The number of carbonyl (C=O) groups is 2. The Balaban J connectivity index is 2.37. The summed E-state index contributed by atoms with van der Waals surface area (Å²) in [6.07, 6.45) is 0. The van der Waals surface area contributed by atoms with Crippen molar-refractivity contribution >= 4 is 44.2 Å². The summed E-state index contributed by atoms with van der Waals surface area (Å²) in [6, 6.07) is 7.27. The van der Waals surface area contributed by atoms with E-state index in [-0.39, 0.29) is 24.9 Å². The topological polar surface area (TPSA) is 75.4 Å². The Morgan fingerprint density at radius 1 is 1.19 bits per heavy atom. The zero-order valence-corrected chi connectivity index (χ0v) is 13.0. The van der Waals surface area contributed by atoms with E-state index in [4.69, 9.17) is 5.73 Å². The van der Waals surface area contributed by atoms with Gasteiger partial charge in [0.2, 0.25) is 0 Å². The minimum atomic E-state index is -0.294. The largest absolute Gasteiger partial charge is 0.388 e. The summed E-state index contributed by atoms with van der Waals surface area (Å²) in [5, 5.41) is 4.65. The summed E-state index contributed by atoms with van der Waals surface area (Å²) in [7, 11) is 1.81. The number of halogens is 1. The van der Waals surface area contributed by atoms with Gasteiger partial charge in [0.05, 0.1) is 0 Å². The van der Waals surface area contributed by atoms with Crippen molar-refractivity contribution in [3.05, 3.63) is 39.9 Å². The molecular formula is C15H14BrN3O2. The van der Waals surface area contributed by atoms with Crippen molar-refractivity contribution in [2.75, 3.05) is 25.5 Å². The van der Waals surface area contributed by atoms with Crippen LogP contribution in [0.2, 0.25) is 0 Å². The molecule has 6 heteroatoms. The molecule has 3 rings (SSSR count). The van der Waals surface area contributed by atoms with Crippen LogP contribution in [-0.4, -0.2) is 36.9 Å². The number of hydrogen-bond acceptors (Lipinski definition) is 4. The molecule has 0 bridgehead atoms. The first-order chi connectivity index (χ1) is 10.1. The Hall–Kier alpha value is -1.92. The molecule has 0 saturated heterocycles. The maximum atomic E-state index is 12.6. The predicted octanol–water partition coefficient (Wildman–Crippen LogP) is 2.20. The fourth-order valence-corrected chi connectivity index (χ4v) is 3.19. The summed E-state index contributed by atoms with van der Waals surface area (Å²) >= 11 is 3.43. The van der Waals surface area contributed by atoms with Crippen LogP contribution in [0.1, 0.15) is 20.7 Å². The minimum absolute atomic E-state index is 0.221. The third-order valence-electron chi connectivity index (χ3n) is 3.65. The summed E-state index contributed by atoms with van der Waals surface area (Å²) in [6.45, 7) is 0.470. The number of rotatable bonds is 3. The van der Waals surface area contributed by atoms with E-state index in [0.29, 0.717) is 16.5 Å². The zero-order chi connectivity index (χ0) is 15.1. The van der Waals surface area contributed by atoms with Crippen molar-refractivity contribution in [1.82, 2.24) is 4.90 Å². The van der Waals surface area contributed by atoms with Crippen LogP contribution in [0.25, 0.3) is 10.8 Å². The Labute approximate surface area is 130 Å². The molecule has 0 aromatic heterocycles. The average Bonchev–Trinajstić information content (AvgIpc) is 2.48. The second-order valence-corrected chi connectivity index (χ2v) is 5.75. The Bertz CT molecular complexity index is 773. The lowest BCUT2D eigenvalue weighted by atomic mass is 9.93. The average molecular weight is 348 g/mol. The second-order valence-electron chi connectivity index (χ2n) is 4.84. The number of nitrogens with one attached hydrogen (secondary N) is 1. The zero-order valence-electron chi connectivity index (χ0n) is 11.4. The number of nitrogens with zero attached hydrogens (tertiary/aromatic N) is 1. The molecule has 0 aliphatic carbocycles. The molecule has 0 spiro atoms. The van der Waals surface area contributed by atoms with Gasteiger partial charge >= 0.3 is 0 Å². The highest BCUT2D eigenvalue weighted by molar-refractivity contribution is 9.10. The number of hydrogen-bond donors (Lipinski definition) is 2. The predicted molar refractivity (Wildman–Crippen MR) is 85.6 cm³/mol. The molecule has 0 fully saturated rings. The van der Waals surface area contributed by atoms with Crippen LogP contribution in [-0.2, 0) is 0 Å². The summed E-state index contributed by atoms with van der Waals surface area (Å²) in [4.78, 5) is 26.3. The molecular weight excluding hydrogens is 334 g/mol. The maximum absolute atomic E-state index is 12.6. The molecule has 0 saturated carbocycles. The lowest BCUT2D eigenvalue weighted by Crippen LogP contribution is -2.43. The number of anilines is 1. The number of amides is 2.